The van der Waals surface area contributed by atoms with Gasteiger partial charge in [0.25, 0.3) is 5.91 Å². The summed E-state index contributed by atoms with van der Waals surface area (Å²) in [6, 6.07) is 12.6. The molecule has 0 spiro atoms. The van der Waals surface area contributed by atoms with Gasteiger partial charge in [0.15, 0.2) is 11.5 Å². The summed E-state index contributed by atoms with van der Waals surface area (Å²) in [6.07, 6.45) is 0.734. The molecule has 2 aromatic carbocycles. The van der Waals surface area contributed by atoms with Crippen molar-refractivity contribution in [3.8, 4) is 11.5 Å². The number of rotatable bonds is 13. The summed E-state index contributed by atoms with van der Waals surface area (Å²) in [6.45, 7) is 2.94. The second-order valence-corrected chi connectivity index (χ2v) is 9.37. The molecule has 1 heterocycles. The molecule has 7 nitrogen and oxygen atoms in total. The predicted octanol–water partition coefficient (Wildman–Crippen LogP) is 3.84. The van der Waals surface area contributed by atoms with Crippen LogP contribution in [0.15, 0.2) is 47.8 Å². The Bertz CT molecular complexity index is 1110. The van der Waals surface area contributed by atoms with Crippen LogP contribution in [0, 0.1) is 5.82 Å². The molecule has 0 radical (unpaired) electrons. The molecule has 0 aliphatic carbocycles. The van der Waals surface area contributed by atoms with Crippen LogP contribution in [0.2, 0.25) is 0 Å². The van der Waals surface area contributed by atoms with E-state index >= 15 is 0 Å². The average Bonchev–Trinajstić information content (AvgIpc) is 3.32. The number of amides is 1. The van der Waals surface area contributed by atoms with Crippen molar-refractivity contribution in [2.75, 3.05) is 47.9 Å². The fourth-order valence-corrected chi connectivity index (χ4v) is 4.38. The summed E-state index contributed by atoms with van der Waals surface area (Å²) in [5.41, 5.74) is 2.12. The van der Waals surface area contributed by atoms with Crippen molar-refractivity contribution in [2.45, 2.75) is 19.5 Å². The van der Waals surface area contributed by atoms with Crippen molar-refractivity contribution in [1.29, 1.82) is 0 Å². The van der Waals surface area contributed by atoms with Gasteiger partial charge in [0, 0.05) is 37.1 Å². The highest BCUT2D eigenvalue weighted by Crippen LogP contribution is 2.28. The molecular formula is C26H33FN4O3S. The van der Waals surface area contributed by atoms with E-state index in [1.165, 1.54) is 17.4 Å². The minimum atomic E-state index is -0.233. The Hall–Kier alpha value is -3.01. The third-order valence-electron chi connectivity index (χ3n) is 5.50. The Labute approximate surface area is 210 Å². The first-order chi connectivity index (χ1) is 16.9. The molecule has 0 saturated heterocycles. The second-order valence-electron chi connectivity index (χ2n) is 8.43. The maximum Gasteiger partial charge on any atom is 0.270 e. The molecule has 3 aromatic rings. The number of nitrogens with one attached hydrogen (secondary N) is 1. The first-order valence-corrected chi connectivity index (χ1v) is 12.3. The highest BCUT2D eigenvalue weighted by atomic mass is 32.1. The number of aromatic nitrogens is 1. The summed E-state index contributed by atoms with van der Waals surface area (Å²) in [5, 5.41) is 5.47. The lowest BCUT2D eigenvalue weighted by atomic mass is 10.1. The first-order valence-electron chi connectivity index (χ1n) is 11.4. The summed E-state index contributed by atoms with van der Waals surface area (Å²) in [7, 11) is 7.14. The molecule has 9 heteroatoms. The van der Waals surface area contributed by atoms with Gasteiger partial charge in [-0.1, -0.05) is 24.3 Å². The number of nitrogens with zero attached hydrogens (tertiary/aromatic N) is 3. The third-order valence-corrected chi connectivity index (χ3v) is 6.34. The second kappa shape index (κ2) is 13.2. The van der Waals surface area contributed by atoms with Crippen molar-refractivity contribution in [1.82, 2.24) is 20.1 Å². The van der Waals surface area contributed by atoms with Gasteiger partial charge in [-0.3, -0.25) is 9.69 Å². The number of hydrogen-bond acceptors (Lipinski definition) is 7. The van der Waals surface area contributed by atoms with Crippen molar-refractivity contribution in [2.24, 2.45) is 0 Å². The molecule has 0 bridgehead atoms. The fourth-order valence-electron chi connectivity index (χ4n) is 3.57. The molecule has 0 saturated carbocycles. The monoisotopic (exact) mass is 500 g/mol. The van der Waals surface area contributed by atoms with Crippen LogP contribution in [0.4, 0.5) is 4.39 Å². The van der Waals surface area contributed by atoms with Gasteiger partial charge in [0.1, 0.15) is 16.5 Å². The lowest BCUT2D eigenvalue weighted by Crippen LogP contribution is -2.31. The van der Waals surface area contributed by atoms with Crippen molar-refractivity contribution >= 4 is 17.2 Å². The summed E-state index contributed by atoms with van der Waals surface area (Å²) in [5.74, 6) is 0.943. The number of carbonyl (C=O) groups excluding carboxylic acids is 1. The molecule has 0 unspecified atom stereocenters. The smallest absolute Gasteiger partial charge is 0.270 e. The quantitative estimate of drug-likeness (QED) is 0.385. The average molecular weight is 501 g/mol. The Morgan fingerprint density at radius 2 is 1.83 bits per heavy atom. The van der Waals surface area contributed by atoms with Gasteiger partial charge < -0.3 is 19.7 Å². The van der Waals surface area contributed by atoms with Crippen LogP contribution < -0.4 is 14.8 Å². The Balaban J connectivity index is 1.70. The van der Waals surface area contributed by atoms with Gasteiger partial charge in [-0.2, -0.15) is 0 Å². The lowest BCUT2D eigenvalue weighted by Gasteiger charge is -2.22. The van der Waals surface area contributed by atoms with E-state index in [4.69, 9.17) is 9.47 Å². The predicted molar refractivity (Wildman–Crippen MR) is 137 cm³/mol. The molecule has 0 aliphatic heterocycles. The highest BCUT2D eigenvalue weighted by Gasteiger charge is 2.16. The van der Waals surface area contributed by atoms with E-state index in [2.05, 4.69) is 15.2 Å². The number of carbonyl (C=O) groups is 1. The number of methoxy groups -OCH3 is 2. The van der Waals surface area contributed by atoms with E-state index in [9.17, 15) is 9.18 Å². The largest absolute Gasteiger partial charge is 0.493 e. The van der Waals surface area contributed by atoms with E-state index in [0.717, 1.165) is 23.5 Å². The molecule has 1 N–H and O–H groups in total. The van der Waals surface area contributed by atoms with Gasteiger partial charge >= 0.3 is 0 Å². The molecule has 35 heavy (non-hydrogen) atoms. The van der Waals surface area contributed by atoms with Gasteiger partial charge in [0.2, 0.25) is 0 Å². The van der Waals surface area contributed by atoms with E-state index in [1.54, 1.807) is 31.7 Å². The zero-order chi connectivity index (χ0) is 25.2. The van der Waals surface area contributed by atoms with Crippen LogP contribution in [0.1, 0.15) is 26.6 Å². The first kappa shape index (κ1) is 26.6. The van der Waals surface area contributed by atoms with Crippen molar-refractivity contribution in [3.63, 3.8) is 0 Å². The lowest BCUT2D eigenvalue weighted by molar-refractivity contribution is 0.0946. The summed E-state index contributed by atoms with van der Waals surface area (Å²) in [4.78, 5) is 21.1. The molecule has 0 aliphatic rings. The van der Waals surface area contributed by atoms with E-state index in [-0.39, 0.29) is 11.7 Å². The standard InChI is InChI=1S/C26H33FN4O3S/c1-30(2)14-12-28-26(32)22-18-35-25(29-22)17-31(16-20-7-5-6-8-21(20)27)13-11-19-9-10-23(33-3)24(15-19)34-4/h5-10,15,18H,11-14,16-17H2,1-4H3,(H,28,32). The normalized spacial score (nSPS) is 11.2. The minimum absolute atomic E-state index is 0.180. The van der Waals surface area contributed by atoms with Crippen LogP contribution in [-0.4, -0.2) is 68.6 Å². The number of ether oxygens (including phenoxy) is 2. The highest BCUT2D eigenvalue weighted by molar-refractivity contribution is 7.09. The van der Waals surface area contributed by atoms with Gasteiger partial charge in [-0.15, -0.1) is 11.3 Å². The van der Waals surface area contributed by atoms with Crippen LogP contribution >= 0.6 is 11.3 Å². The van der Waals surface area contributed by atoms with Crippen molar-refractivity contribution < 1.29 is 18.7 Å². The summed E-state index contributed by atoms with van der Waals surface area (Å²) >= 11 is 1.44. The molecule has 1 amide bonds. The molecule has 0 atom stereocenters. The zero-order valence-electron chi connectivity index (χ0n) is 20.7. The number of thiazole rings is 1. The maximum atomic E-state index is 14.4. The van der Waals surface area contributed by atoms with Crippen LogP contribution in [-0.2, 0) is 19.5 Å². The SMILES string of the molecule is COc1ccc(CCN(Cc2nc(C(=O)NCCN(C)C)cs2)Cc2ccccc2F)cc1OC. The molecule has 3 rings (SSSR count). The van der Waals surface area contributed by atoms with Crippen LogP contribution in [0.3, 0.4) is 0 Å². The molecular weight excluding hydrogens is 467 g/mol. The Morgan fingerprint density at radius 3 is 2.54 bits per heavy atom. The van der Waals surface area contributed by atoms with Crippen molar-refractivity contribution in [3.05, 3.63) is 75.5 Å². The van der Waals surface area contributed by atoms with Crippen LogP contribution in [0.5, 0.6) is 11.5 Å². The van der Waals surface area contributed by atoms with E-state index in [1.807, 2.05) is 43.3 Å². The number of halogens is 1. The van der Waals surface area contributed by atoms with Gasteiger partial charge in [-0.05, 0) is 44.3 Å². The molecule has 1 aromatic heterocycles. The Kier molecular flexibility index (Phi) is 10.0. The van der Waals surface area contributed by atoms with Crippen LogP contribution in [0.25, 0.3) is 0 Å². The molecule has 188 valence electrons. The number of benzene rings is 2. The van der Waals surface area contributed by atoms with Gasteiger partial charge in [-0.25, -0.2) is 9.37 Å². The maximum absolute atomic E-state index is 14.4. The minimum Gasteiger partial charge on any atom is -0.493 e. The topological polar surface area (TPSA) is 66.9 Å². The fraction of sp³-hybridized carbons (Fsp3) is 0.385. The zero-order valence-corrected chi connectivity index (χ0v) is 21.5. The van der Waals surface area contributed by atoms with E-state index in [0.29, 0.717) is 48.9 Å². The third kappa shape index (κ3) is 8.02. The van der Waals surface area contributed by atoms with Gasteiger partial charge in [0.05, 0.1) is 20.8 Å². The summed E-state index contributed by atoms with van der Waals surface area (Å²) < 4.78 is 25.1. The number of hydrogen-bond donors (Lipinski definition) is 1. The molecule has 0 fully saturated rings. The van der Waals surface area contributed by atoms with E-state index < -0.39 is 0 Å². The Morgan fingerprint density at radius 1 is 1.06 bits per heavy atom. The number of likely N-dealkylation sites (N-methyl/N-ethyl adjacent to an activating group) is 1.